The summed E-state index contributed by atoms with van der Waals surface area (Å²) in [6, 6.07) is 0.131. The largest absolute Gasteiger partial charge is 0.338 e. The van der Waals surface area contributed by atoms with Gasteiger partial charge in [-0.2, -0.15) is 4.98 Å². The van der Waals surface area contributed by atoms with Crippen LogP contribution in [0, 0.1) is 5.92 Å². The highest BCUT2D eigenvalue weighted by molar-refractivity contribution is 4.93. The van der Waals surface area contributed by atoms with Crippen LogP contribution in [-0.4, -0.2) is 41.7 Å². The predicted molar refractivity (Wildman–Crippen MR) is 65.7 cm³/mol. The number of nitrogens with one attached hydrogen (secondary N) is 1. The zero-order valence-electron chi connectivity index (χ0n) is 10.9. The van der Waals surface area contributed by atoms with Crippen molar-refractivity contribution < 1.29 is 4.52 Å². The molecular weight excluding hydrogens is 216 g/mol. The van der Waals surface area contributed by atoms with Crippen molar-refractivity contribution in [1.29, 1.82) is 0 Å². The molecule has 1 fully saturated rings. The first kappa shape index (κ1) is 12.5. The molecule has 0 aromatic carbocycles. The first-order valence-corrected chi connectivity index (χ1v) is 6.45. The molecule has 96 valence electrons. The zero-order valence-corrected chi connectivity index (χ0v) is 10.9. The Morgan fingerprint density at radius 3 is 3.06 bits per heavy atom. The number of hydrogen-bond acceptors (Lipinski definition) is 5. The molecule has 0 aliphatic carbocycles. The minimum atomic E-state index is 0.131. The molecule has 1 aliphatic heterocycles. The highest BCUT2D eigenvalue weighted by Gasteiger charge is 2.23. The van der Waals surface area contributed by atoms with Gasteiger partial charge in [0.15, 0.2) is 5.82 Å². The fraction of sp³-hybridized carbons (Fsp3) is 0.833. The summed E-state index contributed by atoms with van der Waals surface area (Å²) in [5, 5.41) is 7.15. The van der Waals surface area contributed by atoms with Crippen LogP contribution >= 0.6 is 0 Å². The van der Waals surface area contributed by atoms with Crippen LogP contribution in [0.2, 0.25) is 0 Å². The van der Waals surface area contributed by atoms with E-state index >= 15 is 0 Å². The van der Waals surface area contributed by atoms with Gasteiger partial charge in [-0.15, -0.1) is 0 Å². The molecule has 2 heterocycles. The summed E-state index contributed by atoms with van der Waals surface area (Å²) in [6.07, 6.45) is 2.19. The number of rotatable bonds is 5. The Morgan fingerprint density at radius 2 is 2.41 bits per heavy atom. The van der Waals surface area contributed by atoms with Gasteiger partial charge in [-0.25, -0.2) is 0 Å². The van der Waals surface area contributed by atoms with Crippen molar-refractivity contribution in [3.8, 4) is 0 Å². The summed E-state index contributed by atoms with van der Waals surface area (Å²) in [5.41, 5.74) is 0. The molecule has 5 heteroatoms. The maximum atomic E-state index is 5.24. The molecule has 0 amide bonds. The molecule has 1 aromatic heterocycles. The van der Waals surface area contributed by atoms with Crippen molar-refractivity contribution in [3.05, 3.63) is 11.7 Å². The Morgan fingerprint density at radius 1 is 1.59 bits per heavy atom. The first-order valence-electron chi connectivity index (χ1n) is 6.45. The number of aromatic nitrogens is 2. The van der Waals surface area contributed by atoms with Crippen molar-refractivity contribution in [3.63, 3.8) is 0 Å². The molecular formula is C12H22N4O. The van der Waals surface area contributed by atoms with Crippen LogP contribution in [0.1, 0.15) is 38.0 Å². The van der Waals surface area contributed by atoms with Gasteiger partial charge < -0.3 is 14.7 Å². The standard InChI is InChI=1S/C12H22N4O/c1-4-16-6-5-10(8-16)7-11-14-12(17-15-11)9(2)13-3/h9-10,13H,4-8H2,1-3H3. The van der Waals surface area contributed by atoms with Gasteiger partial charge in [0.2, 0.25) is 5.89 Å². The highest BCUT2D eigenvalue weighted by atomic mass is 16.5. The van der Waals surface area contributed by atoms with Crippen LogP contribution in [0.5, 0.6) is 0 Å². The van der Waals surface area contributed by atoms with Gasteiger partial charge >= 0.3 is 0 Å². The molecule has 1 aromatic rings. The Bertz CT molecular complexity index is 352. The van der Waals surface area contributed by atoms with E-state index in [1.54, 1.807) is 0 Å². The summed E-state index contributed by atoms with van der Waals surface area (Å²) < 4.78 is 5.24. The maximum Gasteiger partial charge on any atom is 0.243 e. The normalized spacial score (nSPS) is 23.1. The third-order valence-corrected chi connectivity index (χ3v) is 3.58. The molecule has 0 radical (unpaired) electrons. The summed E-state index contributed by atoms with van der Waals surface area (Å²) in [7, 11) is 1.89. The van der Waals surface area contributed by atoms with Crippen molar-refractivity contribution in [1.82, 2.24) is 20.4 Å². The second kappa shape index (κ2) is 5.60. The Balaban J connectivity index is 1.89. The van der Waals surface area contributed by atoms with E-state index < -0.39 is 0 Å². The third-order valence-electron chi connectivity index (χ3n) is 3.58. The fourth-order valence-corrected chi connectivity index (χ4v) is 2.27. The van der Waals surface area contributed by atoms with Gasteiger partial charge in [-0.05, 0) is 39.4 Å². The van der Waals surface area contributed by atoms with Gasteiger partial charge in [-0.3, -0.25) is 0 Å². The predicted octanol–water partition coefficient (Wildman–Crippen LogP) is 1.23. The van der Waals surface area contributed by atoms with E-state index in [0.717, 1.165) is 18.8 Å². The minimum Gasteiger partial charge on any atom is -0.338 e. The molecule has 2 atom stereocenters. The van der Waals surface area contributed by atoms with Crippen LogP contribution in [-0.2, 0) is 6.42 Å². The lowest BCUT2D eigenvalue weighted by Crippen LogP contribution is -2.20. The lowest BCUT2D eigenvalue weighted by Gasteiger charge is -2.11. The van der Waals surface area contributed by atoms with E-state index in [2.05, 4.69) is 27.3 Å². The molecule has 0 bridgehead atoms. The lowest BCUT2D eigenvalue weighted by molar-refractivity contribution is 0.332. The number of likely N-dealkylation sites (tertiary alicyclic amines) is 1. The van der Waals surface area contributed by atoms with Gasteiger partial charge in [0, 0.05) is 13.0 Å². The van der Waals surface area contributed by atoms with Crippen LogP contribution < -0.4 is 5.32 Å². The maximum absolute atomic E-state index is 5.24. The Hall–Kier alpha value is -0.940. The molecule has 0 spiro atoms. The van der Waals surface area contributed by atoms with Gasteiger partial charge in [-0.1, -0.05) is 12.1 Å². The smallest absolute Gasteiger partial charge is 0.243 e. The van der Waals surface area contributed by atoms with Crippen LogP contribution in [0.25, 0.3) is 0 Å². The van der Waals surface area contributed by atoms with Crippen LogP contribution in [0.4, 0.5) is 0 Å². The summed E-state index contributed by atoms with van der Waals surface area (Å²) in [4.78, 5) is 6.91. The summed E-state index contributed by atoms with van der Waals surface area (Å²) in [6.45, 7) is 7.75. The van der Waals surface area contributed by atoms with E-state index in [0.29, 0.717) is 11.8 Å². The van der Waals surface area contributed by atoms with E-state index in [-0.39, 0.29) is 6.04 Å². The van der Waals surface area contributed by atoms with Gasteiger partial charge in [0.05, 0.1) is 6.04 Å². The molecule has 5 nitrogen and oxygen atoms in total. The first-order chi connectivity index (χ1) is 8.22. The SMILES string of the molecule is CCN1CCC(Cc2noc(C(C)NC)n2)C1. The van der Waals surface area contributed by atoms with E-state index in [9.17, 15) is 0 Å². The van der Waals surface area contributed by atoms with Crippen LogP contribution in [0.15, 0.2) is 4.52 Å². The molecule has 1 saturated heterocycles. The van der Waals surface area contributed by atoms with Gasteiger partial charge in [0.25, 0.3) is 0 Å². The Labute approximate surface area is 103 Å². The molecule has 1 aliphatic rings. The molecule has 1 N–H and O–H groups in total. The van der Waals surface area contributed by atoms with Crippen molar-refractivity contribution in [2.24, 2.45) is 5.92 Å². The average Bonchev–Trinajstić information content (AvgIpc) is 2.97. The molecule has 17 heavy (non-hydrogen) atoms. The number of nitrogens with zero attached hydrogens (tertiary/aromatic N) is 3. The summed E-state index contributed by atoms with van der Waals surface area (Å²) >= 11 is 0. The highest BCUT2D eigenvalue weighted by Crippen LogP contribution is 2.20. The van der Waals surface area contributed by atoms with Crippen molar-refractivity contribution in [2.75, 3.05) is 26.7 Å². The lowest BCUT2D eigenvalue weighted by atomic mass is 10.1. The van der Waals surface area contributed by atoms with E-state index in [4.69, 9.17) is 4.52 Å². The van der Waals surface area contributed by atoms with Crippen molar-refractivity contribution in [2.45, 2.75) is 32.7 Å². The second-order valence-corrected chi connectivity index (χ2v) is 4.81. The number of hydrogen-bond donors (Lipinski definition) is 1. The van der Waals surface area contributed by atoms with Crippen molar-refractivity contribution >= 4 is 0 Å². The fourth-order valence-electron chi connectivity index (χ4n) is 2.27. The third kappa shape index (κ3) is 3.04. The second-order valence-electron chi connectivity index (χ2n) is 4.81. The zero-order chi connectivity index (χ0) is 12.3. The quantitative estimate of drug-likeness (QED) is 0.836. The van der Waals surface area contributed by atoms with E-state index in [1.165, 1.54) is 19.5 Å². The summed E-state index contributed by atoms with van der Waals surface area (Å²) in [5.74, 6) is 2.23. The minimum absolute atomic E-state index is 0.131. The average molecular weight is 238 g/mol. The van der Waals surface area contributed by atoms with Gasteiger partial charge in [0.1, 0.15) is 0 Å². The van der Waals surface area contributed by atoms with Crippen LogP contribution in [0.3, 0.4) is 0 Å². The molecule has 2 unspecified atom stereocenters. The topological polar surface area (TPSA) is 54.2 Å². The molecule has 0 saturated carbocycles. The Kier molecular flexibility index (Phi) is 4.12. The van der Waals surface area contributed by atoms with E-state index in [1.807, 2.05) is 14.0 Å². The molecule has 2 rings (SSSR count). The monoisotopic (exact) mass is 238 g/mol.